The smallest absolute Gasteiger partial charge is 0.337 e. The molecule has 2 aromatic rings. The Hall–Kier alpha value is -3.15. The molecule has 0 radical (unpaired) electrons. The highest BCUT2D eigenvalue weighted by Gasteiger charge is 2.13. The predicted octanol–water partition coefficient (Wildman–Crippen LogP) is 2.36. The molecule has 0 atom stereocenters. The number of aryl methyl sites for hydroxylation is 2. The lowest BCUT2D eigenvalue weighted by Crippen LogP contribution is -2.28. The third kappa shape index (κ3) is 5.19. The molecule has 0 spiro atoms. The molecular formula is C22H23NO5. The molecule has 0 aromatic heterocycles. The van der Waals surface area contributed by atoms with Crippen molar-refractivity contribution in [2.75, 3.05) is 13.7 Å². The fraction of sp³-hybridized carbons (Fsp3) is 0.318. The largest absolute Gasteiger partial charge is 0.465 e. The van der Waals surface area contributed by atoms with Crippen LogP contribution in [0.4, 0.5) is 0 Å². The summed E-state index contributed by atoms with van der Waals surface area (Å²) in [6.07, 6.45) is 3.48. The van der Waals surface area contributed by atoms with Gasteiger partial charge in [-0.15, -0.1) is 0 Å². The number of carbonyl (C=O) groups excluding carboxylic acids is 3. The number of benzene rings is 2. The SMILES string of the molecule is COC(=O)c1ccc(CNC(=O)COC(=O)Cc2ccc3c(c2)CCC3)cc1. The highest BCUT2D eigenvalue weighted by atomic mass is 16.5. The number of amides is 1. The number of hydrogen-bond acceptors (Lipinski definition) is 5. The fourth-order valence-corrected chi connectivity index (χ4v) is 3.23. The van der Waals surface area contributed by atoms with Crippen molar-refractivity contribution in [3.8, 4) is 0 Å². The zero-order valence-electron chi connectivity index (χ0n) is 15.8. The molecular weight excluding hydrogens is 358 g/mol. The van der Waals surface area contributed by atoms with Gasteiger partial charge in [0.15, 0.2) is 6.61 Å². The van der Waals surface area contributed by atoms with Gasteiger partial charge in [-0.2, -0.15) is 0 Å². The molecule has 0 saturated carbocycles. The van der Waals surface area contributed by atoms with Crippen LogP contribution in [0, 0.1) is 0 Å². The second-order valence-corrected chi connectivity index (χ2v) is 6.76. The van der Waals surface area contributed by atoms with Crippen molar-refractivity contribution in [3.05, 3.63) is 70.3 Å². The Kier molecular flexibility index (Phi) is 6.42. The normalized spacial score (nSPS) is 12.2. The van der Waals surface area contributed by atoms with E-state index in [0.29, 0.717) is 5.56 Å². The Labute approximate surface area is 163 Å². The van der Waals surface area contributed by atoms with Crippen molar-refractivity contribution >= 4 is 17.8 Å². The molecule has 146 valence electrons. The van der Waals surface area contributed by atoms with Gasteiger partial charge in [0.25, 0.3) is 5.91 Å². The Morgan fingerprint density at radius 3 is 2.43 bits per heavy atom. The van der Waals surface area contributed by atoms with Crippen LogP contribution in [0.2, 0.25) is 0 Å². The number of hydrogen-bond donors (Lipinski definition) is 1. The molecule has 0 bridgehead atoms. The number of rotatable bonds is 7. The van der Waals surface area contributed by atoms with Crippen LogP contribution in [-0.2, 0) is 44.9 Å². The average Bonchev–Trinajstić information content (AvgIpc) is 3.18. The van der Waals surface area contributed by atoms with Gasteiger partial charge in [0.1, 0.15) is 0 Å². The predicted molar refractivity (Wildman–Crippen MR) is 103 cm³/mol. The molecule has 28 heavy (non-hydrogen) atoms. The maximum Gasteiger partial charge on any atom is 0.337 e. The summed E-state index contributed by atoms with van der Waals surface area (Å²) in [6.45, 7) is -0.0350. The van der Waals surface area contributed by atoms with E-state index in [9.17, 15) is 14.4 Å². The molecule has 2 aromatic carbocycles. The number of ether oxygens (including phenoxy) is 2. The van der Waals surface area contributed by atoms with E-state index in [0.717, 1.165) is 30.4 Å². The van der Waals surface area contributed by atoms with Gasteiger partial charge in [0.2, 0.25) is 0 Å². The highest BCUT2D eigenvalue weighted by Crippen LogP contribution is 2.23. The van der Waals surface area contributed by atoms with Crippen LogP contribution in [0.15, 0.2) is 42.5 Å². The first-order valence-electron chi connectivity index (χ1n) is 9.25. The Bertz CT molecular complexity index is 873. The van der Waals surface area contributed by atoms with Gasteiger partial charge in [-0.1, -0.05) is 30.3 Å². The monoisotopic (exact) mass is 381 g/mol. The van der Waals surface area contributed by atoms with E-state index in [2.05, 4.69) is 22.2 Å². The summed E-state index contributed by atoms with van der Waals surface area (Å²) < 4.78 is 9.70. The molecule has 6 heteroatoms. The van der Waals surface area contributed by atoms with Gasteiger partial charge >= 0.3 is 11.9 Å². The van der Waals surface area contributed by atoms with Crippen LogP contribution in [0.3, 0.4) is 0 Å². The molecule has 0 unspecified atom stereocenters. The van der Waals surface area contributed by atoms with Gasteiger partial charge in [-0.25, -0.2) is 4.79 Å². The first-order chi connectivity index (χ1) is 13.5. The van der Waals surface area contributed by atoms with Crippen LogP contribution in [-0.4, -0.2) is 31.6 Å². The maximum absolute atomic E-state index is 12.0. The molecule has 1 amide bonds. The quantitative estimate of drug-likeness (QED) is 0.745. The van der Waals surface area contributed by atoms with E-state index in [1.807, 2.05) is 6.07 Å². The molecule has 0 fully saturated rings. The molecule has 6 nitrogen and oxygen atoms in total. The summed E-state index contributed by atoms with van der Waals surface area (Å²) >= 11 is 0. The fourth-order valence-electron chi connectivity index (χ4n) is 3.23. The average molecular weight is 381 g/mol. The lowest BCUT2D eigenvalue weighted by atomic mass is 10.0. The Morgan fingerprint density at radius 1 is 0.964 bits per heavy atom. The molecule has 3 rings (SSSR count). The second-order valence-electron chi connectivity index (χ2n) is 6.76. The third-order valence-corrected chi connectivity index (χ3v) is 4.74. The highest BCUT2D eigenvalue weighted by molar-refractivity contribution is 5.89. The van der Waals surface area contributed by atoms with E-state index < -0.39 is 11.9 Å². The molecule has 1 aliphatic carbocycles. The molecule has 0 heterocycles. The Balaban J connectivity index is 1.40. The van der Waals surface area contributed by atoms with Crippen molar-refractivity contribution < 1.29 is 23.9 Å². The van der Waals surface area contributed by atoms with Crippen LogP contribution in [0.5, 0.6) is 0 Å². The lowest BCUT2D eigenvalue weighted by molar-refractivity contribution is -0.147. The summed E-state index contributed by atoms with van der Waals surface area (Å²) in [5.74, 6) is -1.21. The number of fused-ring (bicyclic) bond motifs is 1. The summed E-state index contributed by atoms with van der Waals surface area (Å²) in [6, 6.07) is 12.8. The minimum Gasteiger partial charge on any atom is -0.465 e. The van der Waals surface area contributed by atoms with Crippen molar-refractivity contribution in [2.45, 2.75) is 32.2 Å². The van der Waals surface area contributed by atoms with Gasteiger partial charge < -0.3 is 14.8 Å². The van der Waals surface area contributed by atoms with Crippen LogP contribution < -0.4 is 5.32 Å². The summed E-state index contributed by atoms with van der Waals surface area (Å²) in [4.78, 5) is 35.2. The van der Waals surface area contributed by atoms with Crippen LogP contribution in [0.1, 0.15) is 39.0 Å². The van der Waals surface area contributed by atoms with Crippen molar-refractivity contribution in [1.82, 2.24) is 5.32 Å². The maximum atomic E-state index is 12.0. The lowest BCUT2D eigenvalue weighted by Gasteiger charge is -2.08. The van der Waals surface area contributed by atoms with E-state index in [1.165, 1.54) is 18.2 Å². The molecule has 0 saturated heterocycles. The first-order valence-corrected chi connectivity index (χ1v) is 9.25. The first kappa shape index (κ1) is 19.6. The minimum absolute atomic E-state index is 0.162. The number of nitrogens with one attached hydrogen (secondary N) is 1. The van der Waals surface area contributed by atoms with Crippen molar-refractivity contribution in [2.24, 2.45) is 0 Å². The van der Waals surface area contributed by atoms with Crippen LogP contribution in [0.25, 0.3) is 0 Å². The van der Waals surface area contributed by atoms with Crippen LogP contribution >= 0.6 is 0 Å². The van der Waals surface area contributed by atoms with Gasteiger partial charge in [0.05, 0.1) is 19.1 Å². The number of methoxy groups -OCH3 is 1. The molecule has 1 N–H and O–H groups in total. The number of carbonyl (C=O) groups is 3. The third-order valence-electron chi connectivity index (χ3n) is 4.74. The van der Waals surface area contributed by atoms with Gasteiger partial charge in [-0.3, -0.25) is 9.59 Å². The molecule has 0 aliphatic heterocycles. The summed E-state index contributed by atoms with van der Waals surface area (Å²) in [5, 5.41) is 2.68. The van der Waals surface area contributed by atoms with E-state index >= 15 is 0 Å². The summed E-state index contributed by atoms with van der Waals surface area (Å²) in [5.41, 5.74) is 4.85. The minimum atomic E-state index is -0.421. The zero-order valence-corrected chi connectivity index (χ0v) is 15.8. The van der Waals surface area contributed by atoms with Crippen molar-refractivity contribution in [3.63, 3.8) is 0 Å². The standard InChI is InChI=1S/C22H23NO5/c1-27-22(26)18-9-5-15(6-10-18)13-23-20(24)14-28-21(25)12-16-7-8-17-3-2-4-19(17)11-16/h5-11H,2-4,12-14H2,1H3,(H,23,24). The topological polar surface area (TPSA) is 81.7 Å². The Morgan fingerprint density at radius 2 is 1.68 bits per heavy atom. The van der Waals surface area contributed by atoms with Gasteiger partial charge in [0, 0.05) is 6.54 Å². The van der Waals surface area contributed by atoms with Crippen molar-refractivity contribution in [1.29, 1.82) is 0 Å². The van der Waals surface area contributed by atoms with E-state index in [-0.39, 0.29) is 25.5 Å². The molecule has 1 aliphatic rings. The van der Waals surface area contributed by atoms with E-state index in [1.54, 1.807) is 24.3 Å². The van der Waals surface area contributed by atoms with Gasteiger partial charge in [-0.05, 0) is 53.6 Å². The van der Waals surface area contributed by atoms with E-state index in [4.69, 9.17) is 4.74 Å². The number of esters is 2. The second kappa shape index (κ2) is 9.17. The zero-order chi connectivity index (χ0) is 19.9. The summed E-state index contributed by atoms with van der Waals surface area (Å²) in [7, 11) is 1.32.